The van der Waals surface area contributed by atoms with E-state index in [1.807, 2.05) is 36.4 Å². The summed E-state index contributed by atoms with van der Waals surface area (Å²) >= 11 is 0. The molecule has 0 aliphatic carbocycles. The Morgan fingerprint density at radius 2 is 1.96 bits per heavy atom. The number of hydrogen-bond donors (Lipinski definition) is 2. The number of para-hydroxylation sites is 1. The third kappa shape index (κ3) is 3.27. The second-order valence-electron chi connectivity index (χ2n) is 5.81. The van der Waals surface area contributed by atoms with Gasteiger partial charge in [0.2, 0.25) is 12.1 Å². The van der Waals surface area contributed by atoms with Crippen LogP contribution in [-0.4, -0.2) is 41.8 Å². The fourth-order valence-corrected chi connectivity index (χ4v) is 2.59. The minimum Gasteiger partial charge on any atom is -0.325 e. The number of aromatic nitrogens is 1. The number of rotatable bonds is 3. The molecule has 1 aromatic heterocycles. The van der Waals surface area contributed by atoms with Gasteiger partial charge in [-0.3, -0.25) is 14.6 Å². The van der Waals surface area contributed by atoms with Crippen molar-refractivity contribution in [2.24, 2.45) is 10.7 Å². The van der Waals surface area contributed by atoms with Crippen molar-refractivity contribution < 1.29 is 9.59 Å². The van der Waals surface area contributed by atoms with Gasteiger partial charge >= 0.3 is 0 Å². The molecule has 25 heavy (non-hydrogen) atoms. The van der Waals surface area contributed by atoms with E-state index in [2.05, 4.69) is 15.3 Å². The molecule has 0 saturated carbocycles. The number of hydrogen-bond acceptors (Lipinski definition) is 5. The van der Waals surface area contributed by atoms with Crippen LogP contribution in [0.25, 0.3) is 0 Å². The second kappa shape index (κ2) is 6.82. The molecular formula is C18H19N5O2. The first-order valence-electron chi connectivity index (χ1n) is 7.91. The second-order valence-corrected chi connectivity index (χ2v) is 5.81. The van der Waals surface area contributed by atoms with Crippen LogP contribution in [0, 0.1) is 0 Å². The molecule has 3 rings (SSSR count). The highest BCUT2D eigenvalue weighted by molar-refractivity contribution is 6.19. The molecule has 1 aliphatic rings. The number of nitrogens with two attached hydrogens (primary N) is 1. The van der Waals surface area contributed by atoms with Crippen LogP contribution >= 0.6 is 0 Å². The molecule has 0 fully saturated rings. The highest BCUT2D eigenvalue weighted by Crippen LogP contribution is 2.26. The average Bonchev–Trinajstić information content (AvgIpc) is 2.73. The fraction of sp³-hybridized carbons (Fsp3) is 0.222. The van der Waals surface area contributed by atoms with Crippen molar-refractivity contribution in [2.45, 2.75) is 19.1 Å². The number of pyridine rings is 1. The zero-order chi connectivity index (χ0) is 18.0. The Morgan fingerprint density at radius 3 is 2.64 bits per heavy atom. The highest BCUT2D eigenvalue weighted by Gasteiger charge is 2.31. The van der Waals surface area contributed by atoms with E-state index < -0.39 is 18.1 Å². The summed E-state index contributed by atoms with van der Waals surface area (Å²) in [6.45, 7) is 1.55. The Morgan fingerprint density at radius 1 is 1.24 bits per heavy atom. The summed E-state index contributed by atoms with van der Waals surface area (Å²) in [5.74, 6) is -0.783. The number of benzene rings is 1. The number of fused-ring (bicyclic) bond motifs is 1. The van der Waals surface area contributed by atoms with E-state index in [0.717, 1.165) is 5.56 Å². The summed E-state index contributed by atoms with van der Waals surface area (Å²) in [6.07, 6.45) is 0.597. The van der Waals surface area contributed by atoms with E-state index in [9.17, 15) is 9.59 Å². The van der Waals surface area contributed by atoms with Gasteiger partial charge in [0, 0.05) is 18.8 Å². The van der Waals surface area contributed by atoms with Crippen LogP contribution in [0.4, 0.5) is 5.69 Å². The normalized spacial score (nSPS) is 18.0. The van der Waals surface area contributed by atoms with Crippen LogP contribution < -0.4 is 16.0 Å². The number of likely N-dealkylation sites (N-methyl/N-ethyl adjacent to an activating group) is 1. The third-order valence-electron chi connectivity index (χ3n) is 3.94. The molecule has 2 atom stereocenters. The van der Waals surface area contributed by atoms with Gasteiger partial charge in [-0.25, -0.2) is 4.99 Å². The van der Waals surface area contributed by atoms with Gasteiger partial charge < -0.3 is 16.0 Å². The molecule has 7 nitrogen and oxygen atoms in total. The number of anilines is 1. The van der Waals surface area contributed by atoms with Crippen molar-refractivity contribution in [1.29, 1.82) is 0 Å². The van der Waals surface area contributed by atoms with Crippen LogP contribution in [0.15, 0.2) is 53.7 Å². The predicted molar refractivity (Wildman–Crippen MR) is 95.3 cm³/mol. The van der Waals surface area contributed by atoms with Crippen LogP contribution in [-0.2, 0) is 9.59 Å². The lowest BCUT2D eigenvalue weighted by Crippen LogP contribution is -2.50. The van der Waals surface area contributed by atoms with Crippen molar-refractivity contribution in [1.82, 2.24) is 10.3 Å². The number of nitrogens with one attached hydrogen (secondary N) is 1. The van der Waals surface area contributed by atoms with Gasteiger partial charge in [-0.15, -0.1) is 0 Å². The van der Waals surface area contributed by atoms with Crippen molar-refractivity contribution in [3.05, 3.63) is 59.9 Å². The minimum absolute atomic E-state index is 0.340. The average molecular weight is 337 g/mol. The molecule has 3 N–H and O–H groups in total. The first-order valence-corrected chi connectivity index (χ1v) is 7.91. The number of carbonyl (C=O) groups is 2. The van der Waals surface area contributed by atoms with E-state index >= 15 is 0 Å². The molecule has 0 saturated heterocycles. The molecule has 0 bridgehead atoms. The number of benzodiazepines with no additional fused rings is 1. The topological polar surface area (TPSA) is 101 Å². The van der Waals surface area contributed by atoms with Gasteiger partial charge in [0.1, 0.15) is 0 Å². The van der Waals surface area contributed by atoms with Crippen LogP contribution in [0.1, 0.15) is 18.2 Å². The van der Waals surface area contributed by atoms with Gasteiger partial charge in [0.25, 0.3) is 5.91 Å². The molecule has 7 heteroatoms. The standard InChI is InChI=1S/C18H19N5O2/c1-11(19)17(24)22-16-18(25)23(2)14-9-4-3-7-12(14)15(21-16)13-8-5-6-10-20-13/h3-11,16H,19H2,1-2H3,(H,22,24)/t11-,16+/m0/s1. The SMILES string of the molecule is C[C@H](N)C(=O)N[C@H]1N=C(c2ccccn2)c2ccccc2N(C)C1=O. The molecule has 2 amide bonds. The Bertz CT molecular complexity index is 832. The first-order chi connectivity index (χ1) is 12.0. The third-order valence-corrected chi connectivity index (χ3v) is 3.94. The van der Waals surface area contributed by atoms with E-state index in [4.69, 9.17) is 5.73 Å². The van der Waals surface area contributed by atoms with Crippen molar-refractivity contribution in [3.8, 4) is 0 Å². The summed E-state index contributed by atoms with van der Waals surface area (Å²) in [4.78, 5) is 35.1. The Labute approximate surface area is 145 Å². The van der Waals surface area contributed by atoms with E-state index in [-0.39, 0.29) is 5.91 Å². The maximum atomic E-state index is 12.8. The van der Waals surface area contributed by atoms with E-state index in [1.165, 1.54) is 4.90 Å². The van der Waals surface area contributed by atoms with E-state index in [1.54, 1.807) is 26.2 Å². The van der Waals surface area contributed by atoms with Gasteiger partial charge in [-0.05, 0) is 25.1 Å². The minimum atomic E-state index is -1.06. The summed E-state index contributed by atoms with van der Waals surface area (Å²) in [7, 11) is 1.66. The van der Waals surface area contributed by atoms with Gasteiger partial charge in [-0.1, -0.05) is 24.3 Å². The zero-order valence-electron chi connectivity index (χ0n) is 14.0. The zero-order valence-corrected chi connectivity index (χ0v) is 14.0. The largest absolute Gasteiger partial charge is 0.325 e. The summed E-state index contributed by atoms with van der Waals surface area (Å²) in [5.41, 5.74) is 8.25. The van der Waals surface area contributed by atoms with Gasteiger partial charge in [-0.2, -0.15) is 0 Å². The molecule has 2 heterocycles. The van der Waals surface area contributed by atoms with Gasteiger partial charge in [0.05, 0.1) is 23.1 Å². The highest BCUT2D eigenvalue weighted by atomic mass is 16.2. The maximum Gasteiger partial charge on any atom is 0.272 e. The summed E-state index contributed by atoms with van der Waals surface area (Å²) < 4.78 is 0. The van der Waals surface area contributed by atoms with E-state index in [0.29, 0.717) is 17.1 Å². The van der Waals surface area contributed by atoms with Crippen LogP contribution in [0.3, 0.4) is 0 Å². The fourth-order valence-electron chi connectivity index (χ4n) is 2.59. The molecule has 2 aromatic rings. The quantitative estimate of drug-likeness (QED) is 0.860. The molecule has 0 spiro atoms. The lowest BCUT2D eigenvalue weighted by Gasteiger charge is -2.21. The molecule has 0 radical (unpaired) electrons. The predicted octanol–water partition coefficient (Wildman–Crippen LogP) is 0.685. The van der Waals surface area contributed by atoms with Crippen LogP contribution in [0.5, 0.6) is 0 Å². The summed E-state index contributed by atoms with van der Waals surface area (Å²) in [5, 5.41) is 2.60. The Hall–Kier alpha value is -3.06. The Kier molecular flexibility index (Phi) is 4.58. The first kappa shape index (κ1) is 16.8. The molecular weight excluding hydrogens is 318 g/mol. The van der Waals surface area contributed by atoms with Crippen molar-refractivity contribution in [3.63, 3.8) is 0 Å². The number of amides is 2. The molecule has 128 valence electrons. The van der Waals surface area contributed by atoms with Crippen molar-refractivity contribution >= 4 is 23.2 Å². The monoisotopic (exact) mass is 337 g/mol. The Balaban J connectivity index is 2.14. The molecule has 0 unspecified atom stereocenters. The molecule has 1 aliphatic heterocycles. The smallest absolute Gasteiger partial charge is 0.272 e. The van der Waals surface area contributed by atoms with Crippen molar-refractivity contribution in [2.75, 3.05) is 11.9 Å². The maximum absolute atomic E-state index is 12.8. The lowest BCUT2D eigenvalue weighted by molar-refractivity contribution is -0.127. The summed E-state index contributed by atoms with van der Waals surface area (Å²) in [6, 6.07) is 12.2. The number of aliphatic imine (C=N–C) groups is 1. The lowest BCUT2D eigenvalue weighted by atomic mass is 10.0. The molecule has 1 aromatic carbocycles. The van der Waals surface area contributed by atoms with Gasteiger partial charge in [0.15, 0.2) is 0 Å². The van der Waals surface area contributed by atoms with Crippen LogP contribution in [0.2, 0.25) is 0 Å². The number of nitrogens with zero attached hydrogens (tertiary/aromatic N) is 3. The number of carbonyl (C=O) groups excluding carboxylic acids is 2.